The van der Waals surface area contributed by atoms with Crippen LogP contribution in [0, 0.1) is 5.41 Å². The minimum atomic E-state index is 0.313. The number of hydrogen-bond acceptors (Lipinski definition) is 4. The minimum absolute atomic E-state index is 0.313. The second kappa shape index (κ2) is 4.92. The smallest absolute Gasteiger partial charge is 0.214 e. The average Bonchev–Trinajstić information content (AvgIpc) is 2.40. The standard InChI is InChI=1S/C13H21N3O/c1-13(10-14)4-7-16(8-5-13)11-3-6-15-12(9-11)17-2/h3,6,9H,4-5,7-8,10,14H2,1-2H3. The topological polar surface area (TPSA) is 51.4 Å². The van der Waals surface area contributed by atoms with Gasteiger partial charge in [-0.1, -0.05) is 6.92 Å². The normalized spacial score (nSPS) is 19.1. The van der Waals surface area contributed by atoms with Gasteiger partial charge in [-0.25, -0.2) is 4.98 Å². The molecule has 2 N–H and O–H groups in total. The van der Waals surface area contributed by atoms with E-state index in [0.717, 1.165) is 32.5 Å². The van der Waals surface area contributed by atoms with E-state index < -0.39 is 0 Å². The molecule has 1 aliphatic rings. The van der Waals surface area contributed by atoms with Crippen molar-refractivity contribution in [2.24, 2.45) is 11.1 Å². The van der Waals surface area contributed by atoms with Gasteiger partial charge in [-0.2, -0.15) is 0 Å². The molecule has 0 amide bonds. The molecule has 1 aromatic rings. The van der Waals surface area contributed by atoms with Crippen molar-refractivity contribution in [2.45, 2.75) is 19.8 Å². The molecule has 0 aliphatic carbocycles. The maximum atomic E-state index is 5.82. The molecular formula is C13H21N3O. The van der Waals surface area contributed by atoms with E-state index in [1.165, 1.54) is 5.69 Å². The molecule has 0 bridgehead atoms. The van der Waals surface area contributed by atoms with Gasteiger partial charge in [-0.15, -0.1) is 0 Å². The molecule has 1 aliphatic heterocycles. The maximum Gasteiger partial charge on any atom is 0.214 e. The summed E-state index contributed by atoms with van der Waals surface area (Å²) in [7, 11) is 1.65. The summed E-state index contributed by atoms with van der Waals surface area (Å²) in [6, 6.07) is 4.03. The Balaban J connectivity index is 2.05. The fourth-order valence-corrected chi connectivity index (χ4v) is 2.22. The molecular weight excluding hydrogens is 214 g/mol. The third kappa shape index (κ3) is 2.69. The van der Waals surface area contributed by atoms with Crippen LogP contribution in [0.3, 0.4) is 0 Å². The summed E-state index contributed by atoms with van der Waals surface area (Å²) in [5.74, 6) is 0.676. The third-order valence-electron chi connectivity index (χ3n) is 3.76. The zero-order valence-electron chi connectivity index (χ0n) is 10.6. The fourth-order valence-electron chi connectivity index (χ4n) is 2.22. The predicted octanol–water partition coefficient (Wildman–Crippen LogP) is 1.66. The average molecular weight is 235 g/mol. The van der Waals surface area contributed by atoms with Gasteiger partial charge in [0.2, 0.25) is 5.88 Å². The molecule has 4 heteroatoms. The minimum Gasteiger partial charge on any atom is -0.481 e. The van der Waals surface area contributed by atoms with Crippen LogP contribution in [0.5, 0.6) is 5.88 Å². The number of rotatable bonds is 3. The van der Waals surface area contributed by atoms with E-state index in [9.17, 15) is 0 Å². The van der Waals surface area contributed by atoms with E-state index in [4.69, 9.17) is 10.5 Å². The first-order chi connectivity index (χ1) is 8.17. The van der Waals surface area contributed by atoms with Crippen molar-refractivity contribution in [3.8, 4) is 5.88 Å². The van der Waals surface area contributed by atoms with E-state index in [1.54, 1.807) is 13.3 Å². The van der Waals surface area contributed by atoms with Crippen LogP contribution >= 0.6 is 0 Å². The summed E-state index contributed by atoms with van der Waals surface area (Å²) >= 11 is 0. The van der Waals surface area contributed by atoms with Crippen LogP contribution in [0.15, 0.2) is 18.3 Å². The van der Waals surface area contributed by atoms with E-state index in [1.807, 2.05) is 12.1 Å². The summed E-state index contributed by atoms with van der Waals surface area (Å²) in [4.78, 5) is 6.51. The molecule has 0 saturated carbocycles. The second-order valence-electron chi connectivity index (χ2n) is 5.06. The molecule has 1 fully saturated rings. The molecule has 0 spiro atoms. The lowest BCUT2D eigenvalue weighted by atomic mass is 9.80. The number of piperidine rings is 1. The van der Waals surface area contributed by atoms with Gasteiger partial charge in [0.25, 0.3) is 0 Å². The van der Waals surface area contributed by atoms with Crippen LogP contribution in [-0.2, 0) is 0 Å². The van der Waals surface area contributed by atoms with Crippen LogP contribution in [0.1, 0.15) is 19.8 Å². The molecule has 0 radical (unpaired) electrons. The van der Waals surface area contributed by atoms with Crippen LogP contribution in [0.2, 0.25) is 0 Å². The Kier molecular flexibility index (Phi) is 3.52. The van der Waals surface area contributed by atoms with Gasteiger partial charge in [-0.05, 0) is 30.9 Å². The Morgan fingerprint density at radius 2 is 2.18 bits per heavy atom. The monoisotopic (exact) mass is 235 g/mol. The summed E-state index contributed by atoms with van der Waals surface area (Å²) in [5, 5.41) is 0. The van der Waals surface area contributed by atoms with Crippen molar-refractivity contribution in [1.29, 1.82) is 0 Å². The zero-order chi connectivity index (χ0) is 12.3. The highest BCUT2D eigenvalue weighted by Crippen LogP contribution is 2.32. The van der Waals surface area contributed by atoms with Gasteiger partial charge >= 0.3 is 0 Å². The summed E-state index contributed by atoms with van der Waals surface area (Å²) < 4.78 is 5.15. The Morgan fingerprint density at radius 1 is 1.47 bits per heavy atom. The van der Waals surface area contributed by atoms with Crippen molar-refractivity contribution in [3.63, 3.8) is 0 Å². The van der Waals surface area contributed by atoms with Gasteiger partial charge in [-0.3, -0.25) is 0 Å². The SMILES string of the molecule is COc1cc(N2CCC(C)(CN)CC2)ccn1. The Hall–Kier alpha value is -1.29. The third-order valence-corrected chi connectivity index (χ3v) is 3.76. The lowest BCUT2D eigenvalue weighted by molar-refractivity contribution is 0.258. The zero-order valence-corrected chi connectivity index (χ0v) is 10.6. The first-order valence-corrected chi connectivity index (χ1v) is 6.12. The van der Waals surface area contributed by atoms with Gasteiger partial charge in [0.05, 0.1) is 7.11 Å². The largest absolute Gasteiger partial charge is 0.481 e. The van der Waals surface area contributed by atoms with Crippen molar-refractivity contribution in [2.75, 3.05) is 31.6 Å². The molecule has 0 aromatic carbocycles. The number of pyridine rings is 1. The second-order valence-corrected chi connectivity index (χ2v) is 5.06. The van der Waals surface area contributed by atoms with Gasteiger partial charge < -0.3 is 15.4 Å². The molecule has 0 unspecified atom stereocenters. The van der Waals surface area contributed by atoms with E-state index in [-0.39, 0.29) is 0 Å². The Morgan fingerprint density at radius 3 is 2.76 bits per heavy atom. The van der Waals surface area contributed by atoms with Crippen molar-refractivity contribution in [1.82, 2.24) is 4.98 Å². The number of nitrogens with two attached hydrogens (primary N) is 1. The Bertz CT molecular complexity index is 373. The van der Waals surface area contributed by atoms with Gasteiger partial charge in [0.1, 0.15) is 0 Å². The molecule has 1 aromatic heterocycles. The number of anilines is 1. The van der Waals surface area contributed by atoms with Gasteiger partial charge in [0, 0.05) is 31.0 Å². The number of hydrogen-bond donors (Lipinski definition) is 1. The molecule has 1 saturated heterocycles. The summed E-state index contributed by atoms with van der Waals surface area (Å²) in [6.45, 7) is 5.17. The highest BCUT2D eigenvalue weighted by atomic mass is 16.5. The molecule has 2 heterocycles. The predicted molar refractivity (Wildman–Crippen MR) is 69.4 cm³/mol. The molecule has 94 valence electrons. The van der Waals surface area contributed by atoms with Crippen LogP contribution in [0.4, 0.5) is 5.69 Å². The summed E-state index contributed by atoms with van der Waals surface area (Å²) in [5.41, 5.74) is 7.32. The quantitative estimate of drug-likeness (QED) is 0.865. The first kappa shape index (κ1) is 12.2. The Labute approximate surface area is 103 Å². The molecule has 0 atom stereocenters. The van der Waals surface area contributed by atoms with E-state index in [0.29, 0.717) is 11.3 Å². The van der Waals surface area contributed by atoms with Crippen molar-refractivity contribution in [3.05, 3.63) is 18.3 Å². The van der Waals surface area contributed by atoms with Crippen molar-refractivity contribution >= 4 is 5.69 Å². The van der Waals surface area contributed by atoms with Crippen LogP contribution in [0.25, 0.3) is 0 Å². The molecule has 17 heavy (non-hydrogen) atoms. The van der Waals surface area contributed by atoms with Gasteiger partial charge in [0.15, 0.2) is 0 Å². The number of methoxy groups -OCH3 is 1. The van der Waals surface area contributed by atoms with E-state index >= 15 is 0 Å². The number of ether oxygens (including phenoxy) is 1. The number of aromatic nitrogens is 1. The lowest BCUT2D eigenvalue weighted by Crippen LogP contribution is -2.42. The molecule has 4 nitrogen and oxygen atoms in total. The van der Waals surface area contributed by atoms with Crippen LogP contribution < -0.4 is 15.4 Å². The summed E-state index contributed by atoms with van der Waals surface area (Å²) in [6.07, 6.45) is 4.09. The molecule has 2 rings (SSSR count). The highest BCUT2D eigenvalue weighted by molar-refractivity contribution is 5.48. The highest BCUT2D eigenvalue weighted by Gasteiger charge is 2.28. The lowest BCUT2D eigenvalue weighted by Gasteiger charge is -2.39. The maximum absolute atomic E-state index is 5.82. The first-order valence-electron chi connectivity index (χ1n) is 6.12. The van der Waals surface area contributed by atoms with Crippen molar-refractivity contribution < 1.29 is 4.74 Å². The van der Waals surface area contributed by atoms with E-state index in [2.05, 4.69) is 16.8 Å². The number of nitrogens with zero attached hydrogens (tertiary/aromatic N) is 2. The fraction of sp³-hybridized carbons (Fsp3) is 0.615. The van der Waals surface area contributed by atoms with Crippen LogP contribution in [-0.4, -0.2) is 31.7 Å².